The molecule has 0 amide bonds. The van der Waals surface area contributed by atoms with E-state index in [4.69, 9.17) is 27.9 Å². The topological polar surface area (TPSA) is 21.3 Å². The van der Waals surface area contributed by atoms with Crippen LogP contribution in [0.5, 0.6) is 0 Å². The van der Waals surface area contributed by atoms with Gasteiger partial charge >= 0.3 is 0 Å². The van der Waals surface area contributed by atoms with Crippen molar-refractivity contribution in [2.24, 2.45) is 5.92 Å². The second kappa shape index (κ2) is 8.71. The van der Waals surface area contributed by atoms with E-state index in [1.165, 1.54) is 37.7 Å². The minimum Gasteiger partial charge on any atom is -0.381 e. The zero-order valence-electron chi connectivity index (χ0n) is 13.7. The van der Waals surface area contributed by atoms with E-state index in [9.17, 15) is 0 Å². The molecule has 23 heavy (non-hydrogen) atoms. The molecule has 1 heterocycles. The van der Waals surface area contributed by atoms with Gasteiger partial charge < -0.3 is 10.1 Å². The quantitative estimate of drug-likeness (QED) is 0.760. The molecule has 1 aromatic rings. The van der Waals surface area contributed by atoms with Crippen LogP contribution in [0.4, 0.5) is 0 Å². The van der Waals surface area contributed by atoms with Gasteiger partial charge in [0.05, 0.1) is 0 Å². The number of nitrogens with one attached hydrogen (secondary N) is 1. The van der Waals surface area contributed by atoms with Crippen LogP contribution in [0, 0.1) is 5.92 Å². The average molecular weight is 356 g/mol. The number of hydrogen-bond donors (Lipinski definition) is 1. The molecule has 0 spiro atoms. The van der Waals surface area contributed by atoms with Crippen LogP contribution in [-0.2, 0) is 4.74 Å². The average Bonchev–Trinajstić information content (AvgIpc) is 2.57. The summed E-state index contributed by atoms with van der Waals surface area (Å²) in [4.78, 5) is 0. The molecule has 0 atom stereocenters. The van der Waals surface area contributed by atoms with Crippen LogP contribution in [-0.4, -0.2) is 25.8 Å². The smallest absolute Gasteiger partial charge is 0.0480 e. The summed E-state index contributed by atoms with van der Waals surface area (Å²) in [5, 5.41) is 5.38. The van der Waals surface area contributed by atoms with Crippen molar-refractivity contribution in [1.29, 1.82) is 0 Å². The van der Waals surface area contributed by atoms with Gasteiger partial charge in [0, 0.05) is 29.3 Å². The Bertz CT molecular complexity index is 474. The Morgan fingerprint density at radius 3 is 2.26 bits per heavy atom. The summed E-state index contributed by atoms with van der Waals surface area (Å²) in [7, 11) is 0. The number of benzene rings is 1. The Balaban J connectivity index is 1.41. The van der Waals surface area contributed by atoms with Gasteiger partial charge in [0.25, 0.3) is 0 Å². The summed E-state index contributed by atoms with van der Waals surface area (Å²) in [5.41, 5.74) is 1.18. The van der Waals surface area contributed by atoms with Crippen LogP contribution in [0.1, 0.15) is 56.4 Å². The Morgan fingerprint density at radius 2 is 1.61 bits per heavy atom. The van der Waals surface area contributed by atoms with Gasteiger partial charge in [0.1, 0.15) is 0 Å². The highest BCUT2D eigenvalue weighted by atomic mass is 35.5. The van der Waals surface area contributed by atoms with Crippen LogP contribution in [0.3, 0.4) is 0 Å². The predicted molar refractivity (Wildman–Crippen MR) is 97.6 cm³/mol. The Labute approximate surface area is 149 Å². The summed E-state index contributed by atoms with van der Waals surface area (Å²) in [6.45, 7) is 2.98. The normalized spacial score (nSPS) is 26.3. The predicted octanol–water partition coefficient (Wildman–Crippen LogP) is 5.43. The van der Waals surface area contributed by atoms with Crippen LogP contribution in [0.15, 0.2) is 18.2 Å². The fraction of sp³-hybridized carbons (Fsp3) is 0.684. The van der Waals surface area contributed by atoms with E-state index in [-0.39, 0.29) is 0 Å². The van der Waals surface area contributed by atoms with Crippen molar-refractivity contribution in [3.63, 3.8) is 0 Å². The fourth-order valence-electron chi connectivity index (χ4n) is 4.03. The standard InChI is InChI=1S/C19H27Cl2NO/c20-17-2-1-3-18(21)19(17)15-6-4-14(5-7-15)8-11-22-16-9-12-23-13-10-16/h1-3,14-16,22H,4-13H2. The monoisotopic (exact) mass is 355 g/mol. The van der Waals surface area contributed by atoms with E-state index < -0.39 is 0 Å². The molecule has 1 aliphatic carbocycles. The highest BCUT2D eigenvalue weighted by molar-refractivity contribution is 6.36. The Kier molecular flexibility index (Phi) is 6.64. The van der Waals surface area contributed by atoms with Gasteiger partial charge in [-0.05, 0) is 81.0 Å². The first kappa shape index (κ1) is 17.5. The van der Waals surface area contributed by atoms with Crippen molar-refractivity contribution < 1.29 is 4.74 Å². The maximum Gasteiger partial charge on any atom is 0.0480 e. The Morgan fingerprint density at radius 1 is 0.957 bits per heavy atom. The van der Waals surface area contributed by atoms with Crippen molar-refractivity contribution in [3.05, 3.63) is 33.8 Å². The lowest BCUT2D eigenvalue weighted by Crippen LogP contribution is -2.36. The third-order valence-electron chi connectivity index (χ3n) is 5.46. The van der Waals surface area contributed by atoms with Crippen molar-refractivity contribution in [1.82, 2.24) is 5.32 Å². The number of ether oxygens (including phenoxy) is 1. The molecule has 1 aromatic carbocycles. The van der Waals surface area contributed by atoms with E-state index in [1.807, 2.05) is 18.2 Å². The zero-order valence-corrected chi connectivity index (χ0v) is 15.2. The summed E-state index contributed by atoms with van der Waals surface area (Å²) >= 11 is 12.7. The molecular weight excluding hydrogens is 329 g/mol. The lowest BCUT2D eigenvalue weighted by Gasteiger charge is -2.30. The Hall–Kier alpha value is -0.280. The van der Waals surface area contributed by atoms with Gasteiger partial charge in [-0.2, -0.15) is 0 Å². The molecule has 0 unspecified atom stereocenters. The molecule has 2 fully saturated rings. The zero-order chi connectivity index (χ0) is 16.1. The van der Waals surface area contributed by atoms with Gasteiger partial charge in [-0.25, -0.2) is 0 Å². The first-order valence-electron chi connectivity index (χ1n) is 8.99. The molecule has 128 valence electrons. The molecule has 1 N–H and O–H groups in total. The highest BCUT2D eigenvalue weighted by Gasteiger charge is 2.25. The summed E-state index contributed by atoms with van der Waals surface area (Å²) in [6.07, 6.45) is 8.63. The maximum absolute atomic E-state index is 6.36. The summed E-state index contributed by atoms with van der Waals surface area (Å²) in [6, 6.07) is 6.53. The van der Waals surface area contributed by atoms with E-state index in [0.29, 0.717) is 12.0 Å². The second-order valence-corrected chi connectivity index (χ2v) is 7.80. The molecule has 3 rings (SSSR count). The first-order valence-corrected chi connectivity index (χ1v) is 9.74. The molecule has 1 saturated heterocycles. The molecule has 2 aliphatic rings. The number of hydrogen-bond acceptors (Lipinski definition) is 2. The summed E-state index contributed by atoms with van der Waals surface area (Å²) in [5.74, 6) is 1.38. The lowest BCUT2D eigenvalue weighted by atomic mass is 9.77. The van der Waals surface area contributed by atoms with Crippen molar-refractivity contribution >= 4 is 23.2 Å². The molecule has 2 nitrogen and oxygen atoms in total. The van der Waals surface area contributed by atoms with Crippen LogP contribution < -0.4 is 5.32 Å². The van der Waals surface area contributed by atoms with Crippen molar-refractivity contribution in [2.75, 3.05) is 19.8 Å². The van der Waals surface area contributed by atoms with Crippen LogP contribution in [0.2, 0.25) is 10.0 Å². The largest absolute Gasteiger partial charge is 0.381 e. The van der Waals surface area contributed by atoms with Crippen LogP contribution >= 0.6 is 23.2 Å². The number of rotatable bonds is 5. The van der Waals surface area contributed by atoms with E-state index in [0.717, 1.165) is 48.6 Å². The molecule has 1 saturated carbocycles. The molecule has 0 bridgehead atoms. The summed E-state index contributed by atoms with van der Waals surface area (Å²) < 4.78 is 5.41. The van der Waals surface area contributed by atoms with E-state index >= 15 is 0 Å². The lowest BCUT2D eigenvalue weighted by molar-refractivity contribution is 0.0775. The fourth-order valence-corrected chi connectivity index (χ4v) is 4.74. The molecule has 1 aliphatic heterocycles. The molecule has 0 radical (unpaired) electrons. The van der Waals surface area contributed by atoms with Crippen molar-refractivity contribution in [3.8, 4) is 0 Å². The highest BCUT2D eigenvalue weighted by Crippen LogP contribution is 2.42. The van der Waals surface area contributed by atoms with Gasteiger partial charge in [-0.15, -0.1) is 0 Å². The number of halogens is 2. The third kappa shape index (κ3) is 4.85. The molecular formula is C19H27Cl2NO. The van der Waals surface area contributed by atoms with E-state index in [2.05, 4.69) is 5.32 Å². The molecule has 0 aromatic heterocycles. The second-order valence-electron chi connectivity index (χ2n) is 6.98. The third-order valence-corrected chi connectivity index (χ3v) is 6.12. The van der Waals surface area contributed by atoms with E-state index in [1.54, 1.807) is 0 Å². The first-order chi connectivity index (χ1) is 11.2. The van der Waals surface area contributed by atoms with Crippen molar-refractivity contribution in [2.45, 2.75) is 56.9 Å². The minimum absolute atomic E-state index is 0.538. The maximum atomic E-state index is 6.36. The molecule has 4 heteroatoms. The van der Waals surface area contributed by atoms with Gasteiger partial charge in [0.15, 0.2) is 0 Å². The van der Waals surface area contributed by atoms with Gasteiger partial charge in [0.2, 0.25) is 0 Å². The van der Waals surface area contributed by atoms with Crippen LogP contribution in [0.25, 0.3) is 0 Å². The van der Waals surface area contributed by atoms with Gasteiger partial charge in [-0.3, -0.25) is 0 Å². The minimum atomic E-state index is 0.538. The SMILES string of the molecule is Clc1cccc(Cl)c1C1CCC(CCNC2CCOCC2)CC1. The van der Waals surface area contributed by atoms with Gasteiger partial charge in [-0.1, -0.05) is 29.3 Å².